The normalized spacial score (nSPS) is 39.1. The third-order valence-electron chi connectivity index (χ3n) is 5.66. The van der Waals surface area contributed by atoms with Crippen LogP contribution in [-0.2, 0) is 0 Å². The molecule has 18 heavy (non-hydrogen) atoms. The van der Waals surface area contributed by atoms with Crippen LogP contribution in [0.1, 0.15) is 58.8 Å². The molecule has 0 amide bonds. The molecule has 2 heteroatoms. The van der Waals surface area contributed by atoms with E-state index in [-0.39, 0.29) is 0 Å². The summed E-state index contributed by atoms with van der Waals surface area (Å²) in [5.74, 6) is 1.95. The van der Waals surface area contributed by atoms with E-state index in [4.69, 9.17) is 4.42 Å². The molecule has 2 saturated carbocycles. The molecule has 1 heterocycles. The smallest absolute Gasteiger partial charge is 0.120 e. The third kappa shape index (κ3) is 1.65. The van der Waals surface area contributed by atoms with Gasteiger partial charge in [0.05, 0.1) is 12.3 Å². The second-order valence-corrected chi connectivity index (χ2v) is 7.25. The minimum absolute atomic E-state index is 0.306. The summed E-state index contributed by atoms with van der Waals surface area (Å²) in [6.45, 7) is 9.56. The summed E-state index contributed by atoms with van der Waals surface area (Å²) in [6.07, 6.45) is 5.95. The summed E-state index contributed by atoms with van der Waals surface area (Å²) in [7, 11) is 0. The molecule has 2 bridgehead atoms. The van der Waals surface area contributed by atoms with Gasteiger partial charge >= 0.3 is 0 Å². The van der Waals surface area contributed by atoms with Gasteiger partial charge in [0.2, 0.25) is 0 Å². The zero-order valence-corrected chi connectivity index (χ0v) is 12.0. The van der Waals surface area contributed by atoms with E-state index in [9.17, 15) is 0 Å². The number of hydrogen-bond donors (Lipinski definition) is 1. The summed E-state index contributed by atoms with van der Waals surface area (Å²) in [5.41, 5.74) is 0.892. The standard InChI is InChI=1S/C16H25NO/c1-11(13-6-5-9-18-13)17-14-15(2,3)12-7-8-16(14,4)10-12/h5-6,9,11-12,14,17H,7-8,10H2,1-4H3/t11-,12+,14?,16-/m1/s1. The molecule has 0 spiro atoms. The van der Waals surface area contributed by atoms with Crippen LogP contribution >= 0.6 is 0 Å². The van der Waals surface area contributed by atoms with Gasteiger partial charge in [-0.05, 0) is 55.1 Å². The largest absolute Gasteiger partial charge is 0.468 e. The summed E-state index contributed by atoms with van der Waals surface area (Å²) in [5, 5.41) is 3.85. The average Bonchev–Trinajstić information content (AvgIpc) is 2.96. The fraction of sp³-hybridized carbons (Fsp3) is 0.750. The molecule has 0 aliphatic heterocycles. The highest BCUT2D eigenvalue weighted by molar-refractivity contribution is 5.14. The summed E-state index contributed by atoms with van der Waals surface area (Å²) < 4.78 is 5.52. The van der Waals surface area contributed by atoms with E-state index in [1.165, 1.54) is 19.3 Å². The molecule has 0 radical (unpaired) electrons. The van der Waals surface area contributed by atoms with Crippen LogP contribution in [0.15, 0.2) is 22.8 Å². The van der Waals surface area contributed by atoms with Crippen LogP contribution in [0.5, 0.6) is 0 Å². The highest BCUT2D eigenvalue weighted by atomic mass is 16.3. The second-order valence-electron chi connectivity index (χ2n) is 7.25. The number of hydrogen-bond acceptors (Lipinski definition) is 2. The molecule has 0 saturated heterocycles. The maximum Gasteiger partial charge on any atom is 0.120 e. The van der Waals surface area contributed by atoms with Crippen molar-refractivity contribution in [3.63, 3.8) is 0 Å². The van der Waals surface area contributed by atoms with Crippen molar-refractivity contribution in [2.24, 2.45) is 16.7 Å². The van der Waals surface area contributed by atoms with Crippen molar-refractivity contribution in [1.82, 2.24) is 5.32 Å². The number of furan rings is 1. The molecule has 2 fully saturated rings. The van der Waals surface area contributed by atoms with E-state index >= 15 is 0 Å². The van der Waals surface area contributed by atoms with E-state index < -0.39 is 0 Å². The molecule has 2 nitrogen and oxygen atoms in total. The van der Waals surface area contributed by atoms with Gasteiger partial charge in [-0.3, -0.25) is 0 Å². The predicted octanol–water partition coefficient (Wildman–Crippen LogP) is 4.15. The lowest BCUT2D eigenvalue weighted by atomic mass is 9.68. The van der Waals surface area contributed by atoms with Crippen LogP contribution in [0.4, 0.5) is 0 Å². The van der Waals surface area contributed by atoms with E-state index in [1.807, 2.05) is 6.07 Å². The maximum absolute atomic E-state index is 5.52. The fourth-order valence-corrected chi connectivity index (χ4v) is 4.59. The number of rotatable bonds is 3. The van der Waals surface area contributed by atoms with Crippen LogP contribution in [0, 0.1) is 16.7 Å². The Bertz CT molecular complexity index is 418. The minimum atomic E-state index is 0.306. The SMILES string of the molecule is C[C@@H](NC1C(C)(C)[C@H]2CC[C@]1(C)C2)c1ccco1. The van der Waals surface area contributed by atoms with Crippen molar-refractivity contribution in [3.8, 4) is 0 Å². The van der Waals surface area contributed by atoms with Gasteiger partial charge in [-0.15, -0.1) is 0 Å². The lowest BCUT2D eigenvalue weighted by Gasteiger charge is -2.44. The van der Waals surface area contributed by atoms with Gasteiger partial charge in [-0.1, -0.05) is 20.8 Å². The van der Waals surface area contributed by atoms with Gasteiger partial charge in [0.15, 0.2) is 0 Å². The number of fused-ring (bicyclic) bond motifs is 2. The topological polar surface area (TPSA) is 25.2 Å². The molecule has 1 aromatic heterocycles. The molecule has 1 unspecified atom stereocenters. The zero-order chi connectivity index (χ0) is 13.0. The van der Waals surface area contributed by atoms with E-state index in [2.05, 4.69) is 39.1 Å². The Labute approximate surface area is 110 Å². The van der Waals surface area contributed by atoms with Crippen LogP contribution < -0.4 is 5.32 Å². The van der Waals surface area contributed by atoms with E-state index in [0.717, 1.165) is 11.7 Å². The van der Waals surface area contributed by atoms with Gasteiger partial charge in [-0.2, -0.15) is 0 Å². The number of nitrogens with one attached hydrogen (secondary N) is 1. The van der Waals surface area contributed by atoms with Crippen molar-refractivity contribution in [2.45, 2.75) is 59.0 Å². The lowest BCUT2D eigenvalue weighted by molar-refractivity contribution is 0.0975. The Morgan fingerprint density at radius 1 is 1.39 bits per heavy atom. The molecule has 2 aliphatic carbocycles. The molecular formula is C16H25NO. The predicted molar refractivity (Wildman–Crippen MR) is 73.3 cm³/mol. The van der Waals surface area contributed by atoms with Gasteiger partial charge in [0, 0.05) is 6.04 Å². The summed E-state index contributed by atoms with van der Waals surface area (Å²) in [6, 6.07) is 4.95. The van der Waals surface area contributed by atoms with Crippen molar-refractivity contribution >= 4 is 0 Å². The Kier molecular flexibility index (Phi) is 2.64. The van der Waals surface area contributed by atoms with Gasteiger partial charge in [0.1, 0.15) is 5.76 Å². The molecule has 0 aromatic carbocycles. The molecule has 1 aromatic rings. The minimum Gasteiger partial charge on any atom is -0.468 e. The van der Waals surface area contributed by atoms with Crippen molar-refractivity contribution in [3.05, 3.63) is 24.2 Å². The molecule has 1 N–H and O–H groups in total. The van der Waals surface area contributed by atoms with E-state index in [1.54, 1.807) is 6.26 Å². The summed E-state index contributed by atoms with van der Waals surface area (Å²) in [4.78, 5) is 0. The van der Waals surface area contributed by atoms with E-state index in [0.29, 0.717) is 22.9 Å². The quantitative estimate of drug-likeness (QED) is 0.868. The van der Waals surface area contributed by atoms with Crippen molar-refractivity contribution < 1.29 is 4.42 Å². The first-order valence-corrected chi connectivity index (χ1v) is 7.23. The Morgan fingerprint density at radius 3 is 2.72 bits per heavy atom. The fourth-order valence-electron chi connectivity index (χ4n) is 4.59. The Morgan fingerprint density at radius 2 is 2.17 bits per heavy atom. The van der Waals surface area contributed by atoms with Gasteiger partial charge in [-0.25, -0.2) is 0 Å². The average molecular weight is 247 g/mol. The van der Waals surface area contributed by atoms with Crippen molar-refractivity contribution in [1.29, 1.82) is 0 Å². The second kappa shape index (κ2) is 3.86. The first-order chi connectivity index (χ1) is 8.43. The first kappa shape index (κ1) is 12.3. The zero-order valence-electron chi connectivity index (χ0n) is 12.0. The Balaban J connectivity index is 1.80. The lowest BCUT2D eigenvalue weighted by Crippen LogP contribution is -2.50. The maximum atomic E-state index is 5.52. The molecule has 100 valence electrons. The van der Waals surface area contributed by atoms with Gasteiger partial charge in [0.25, 0.3) is 0 Å². The van der Waals surface area contributed by atoms with Crippen LogP contribution in [0.25, 0.3) is 0 Å². The summed E-state index contributed by atoms with van der Waals surface area (Å²) >= 11 is 0. The highest BCUT2D eigenvalue weighted by Crippen LogP contribution is 2.62. The molecule has 3 rings (SSSR count). The van der Waals surface area contributed by atoms with Gasteiger partial charge < -0.3 is 9.73 Å². The molecular weight excluding hydrogens is 222 g/mol. The monoisotopic (exact) mass is 247 g/mol. The Hall–Kier alpha value is -0.760. The van der Waals surface area contributed by atoms with Crippen LogP contribution in [-0.4, -0.2) is 6.04 Å². The first-order valence-electron chi connectivity index (χ1n) is 7.23. The van der Waals surface area contributed by atoms with Crippen LogP contribution in [0.3, 0.4) is 0 Å². The van der Waals surface area contributed by atoms with Crippen molar-refractivity contribution in [2.75, 3.05) is 0 Å². The van der Waals surface area contributed by atoms with Crippen LogP contribution in [0.2, 0.25) is 0 Å². The highest BCUT2D eigenvalue weighted by Gasteiger charge is 2.59. The third-order valence-corrected chi connectivity index (χ3v) is 5.66. The molecule has 2 aliphatic rings. The molecule has 4 atom stereocenters.